The maximum absolute atomic E-state index is 5.57. The third kappa shape index (κ3) is 3.15. The van der Waals surface area contributed by atoms with Crippen molar-refractivity contribution in [3.63, 3.8) is 0 Å². The van der Waals surface area contributed by atoms with Gasteiger partial charge in [-0.05, 0) is 24.8 Å². The zero-order valence-electron chi connectivity index (χ0n) is 9.26. The summed E-state index contributed by atoms with van der Waals surface area (Å²) in [6, 6.07) is 3.65. The van der Waals surface area contributed by atoms with E-state index in [1.54, 1.807) is 0 Å². The maximum atomic E-state index is 5.57. The first kappa shape index (κ1) is 11.3. The van der Waals surface area contributed by atoms with Gasteiger partial charge in [-0.2, -0.15) is 5.10 Å². The maximum Gasteiger partial charge on any atom is 0.233 e. The molecule has 1 aliphatic heterocycles. The van der Waals surface area contributed by atoms with Crippen LogP contribution in [0.15, 0.2) is 12.1 Å². The van der Waals surface area contributed by atoms with Gasteiger partial charge in [-0.1, -0.05) is 0 Å². The Morgan fingerprint density at radius 2 is 2.12 bits per heavy atom. The van der Waals surface area contributed by atoms with E-state index in [0.29, 0.717) is 24.9 Å². The Kier molecular flexibility index (Phi) is 4.07. The Bertz CT molecular complexity index is 310. The lowest BCUT2D eigenvalue weighted by molar-refractivity contribution is 0.0489. The molecule has 0 atom stereocenters. The quantitative estimate of drug-likeness (QED) is 0.815. The number of ether oxygens (including phenoxy) is 2. The van der Waals surface area contributed by atoms with Gasteiger partial charge in [-0.25, -0.2) is 0 Å². The molecule has 0 spiro atoms. The van der Waals surface area contributed by atoms with Gasteiger partial charge in [-0.3, -0.25) is 0 Å². The summed E-state index contributed by atoms with van der Waals surface area (Å²) in [7, 11) is 0. The minimum atomic E-state index is 0.410. The van der Waals surface area contributed by atoms with Crippen LogP contribution >= 0.6 is 0 Å². The van der Waals surface area contributed by atoms with E-state index in [-0.39, 0.29) is 0 Å². The van der Waals surface area contributed by atoms with E-state index in [1.165, 1.54) is 0 Å². The molecule has 1 aromatic heterocycles. The molecule has 1 aromatic rings. The van der Waals surface area contributed by atoms with E-state index in [9.17, 15) is 0 Å². The Morgan fingerprint density at radius 1 is 1.31 bits per heavy atom. The fourth-order valence-electron chi connectivity index (χ4n) is 1.65. The van der Waals surface area contributed by atoms with Crippen LogP contribution < -0.4 is 10.5 Å². The highest BCUT2D eigenvalue weighted by molar-refractivity contribution is 5.11. The van der Waals surface area contributed by atoms with Crippen molar-refractivity contribution in [1.29, 1.82) is 0 Å². The second kappa shape index (κ2) is 5.77. The molecule has 0 amide bonds. The molecule has 1 aliphatic rings. The highest BCUT2D eigenvalue weighted by Crippen LogP contribution is 2.16. The summed E-state index contributed by atoms with van der Waals surface area (Å²) in [5, 5.41) is 7.89. The summed E-state index contributed by atoms with van der Waals surface area (Å²) in [6.45, 7) is 2.78. The van der Waals surface area contributed by atoms with Gasteiger partial charge in [0.05, 0.1) is 12.3 Å². The van der Waals surface area contributed by atoms with Gasteiger partial charge in [0.2, 0.25) is 5.88 Å². The predicted molar refractivity (Wildman–Crippen MR) is 59.0 cm³/mol. The van der Waals surface area contributed by atoms with Crippen LogP contribution in [0.3, 0.4) is 0 Å². The van der Waals surface area contributed by atoms with Crippen molar-refractivity contribution in [2.24, 2.45) is 11.7 Å². The topological polar surface area (TPSA) is 70.3 Å². The average molecular weight is 223 g/mol. The summed E-state index contributed by atoms with van der Waals surface area (Å²) in [6.07, 6.45) is 2.13. The van der Waals surface area contributed by atoms with Crippen molar-refractivity contribution in [3.05, 3.63) is 17.8 Å². The summed E-state index contributed by atoms with van der Waals surface area (Å²) >= 11 is 0. The molecular weight excluding hydrogens is 206 g/mol. The molecule has 16 heavy (non-hydrogen) atoms. The van der Waals surface area contributed by atoms with Crippen molar-refractivity contribution in [3.8, 4) is 5.88 Å². The van der Waals surface area contributed by atoms with E-state index < -0.39 is 0 Å². The monoisotopic (exact) mass is 223 g/mol. The summed E-state index contributed by atoms with van der Waals surface area (Å²) in [4.78, 5) is 0. The van der Waals surface area contributed by atoms with Gasteiger partial charge in [0.25, 0.3) is 0 Å². The van der Waals surface area contributed by atoms with E-state index in [0.717, 1.165) is 31.7 Å². The van der Waals surface area contributed by atoms with Crippen molar-refractivity contribution in [1.82, 2.24) is 10.2 Å². The second-order valence-electron chi connectivity index (χ2n) is 3.93. The Labute approximate surface area is 95.0 Å². The standard InChI is InChI=1S/C11H17N3O2/c12-7-10-1-2-11(14-13-10)16-8-9-3-5-15-6-4-9/h1-2,9H,3-8,12H2. The van der Waals surface area contributed by atoms with Crippen LogP contribution in [0.5, 0.6) is 5.88 Å². The molecule has 0 aliphatic carbocycles. The Balaban J connectivity index is 1.79. The van der Waals surface area contributed by atoms with Gasteiger partial charge >= 0.3 is 0 Å². The van der Waals surface area contributed by atoms with Gasteiger partial charge in [0.1, 0.15) is 0 Å². The lowest BCUT2D eigenvalue weighted by Gasteiger charge is -2.21. The molecule has 2 heterocycles. The van der Waals surface area contributed by atoms with Crippen LogP contribution in [0.4, 0.5) is 0 Å². The zero-order valence-corrected chi connectivity index (χ0v) is 9.26. The average Bonchev–Trinajstić information content (AvgIpc) is 2.38. The molecule has 0 bridgehead atoms. The summed E-state index contributed by atoms with van der Waals surface area (Å²) in [5.41, 5.74) is 6.21. The first-order chi connectivity index (χ1) is 7.88. The molecule has 5 heteroatoms. The number of aromatic nitrogens is 2. The number of hydrogen-bond acceptors (Lipinski definition) is 5. The molecule has 1 saturated heterocycles. The predicted octanol–water partition coefficient (Wildman–Crippen LogP) is 0.741. The smallest absolute Gasteiger partial charge is 0.233 e. The molecule has 1 fully saturated rings. The van der Waals surface area contributed by atoms with Crippen molar-refractivity contribution < 1.29 is 9.47 Å². The highest BCUT2D eigenvalue weighted by Gasteiger charge is 2.14. The summed E-state index contributed by atoms with van der Waals surface area (Å²) in [5.74, 6) is 1.15. The number of nitrogens with two attached hydrogens (primary N) is 1. The molecule has 0 aromatic carbocycles. The fourth-order valence-corrected chi connectivity index (χ4v) is 1.65. The molecule has 5 nitrogen and oxygen atoms in total. The number of hydrogen-bond donors (Lipinski definition) is 1. The van der Waals surface area contributed by atoms with E-state index >= 15 is 0 Å². The Hall–Kier alpha value is -1.20. The van der Waals surface area contributed by atoms with E-state index in [4.69, 9.17) is 15.2 Å². The van der Waals surface area contributed by atoms with Gasteiger partial charge < -0.3 is 15.2 Å². The third-order valence-electron chi connectivity index (χ3n) is 2.71. The molecule has 2 rings (SSSR count). The fraction of sp³-hybridized carbons (Fsp3) is 0.636. The van der Waals surface area contributed by atoms with Crippen molar-refractivity contribution in [2.45, 2.75) is 19.4 Å². The molecule has 2 N–H and O–H groups in total. The van der Waals surface area contributed by atoms with Crippen molar-refractivity contribution in [2.75, 3.05) is 19.8 Å². The lowest BCUT2D eigenvalue weighted by Crippen LogP contribution is -2.21. The second-order valence-corrected chi connectivity index (χ2v) is 3.93. The minimum Gasteiger partial charge on any atom is -0.476 e. The first-order valence-corrected chi connectivity index (χ1v) is 5.61. The van der Waals surface area contributed by atoms with Crippen LogP contribution in [-0.2, 0) is 11.3 Å². The Morgan fingerprint density at radius 3 is 2.75 bits per heavy atom. The van der Waals surface area contributed by atoms with Gasteiger partial charge in [0, 0.05) is 25.8 Å². The van der Waals surface area contributed by atoms with E-state index in [2.05, 4.69) is 10.2 Å². The van der Waals surface area contributed by atoms with Crippen molar-refractivity contribution >= 4 is 0 Å². The normalized spacial score (nSPS) is 17.3. The van der Waals surface area contributed by atoms with Gasteiger partial charge in [0.15, 0.2) is 0 Å². The number of rotatable bonds is 4. The SMILES string of the molecule is NCc1ccc(OCC2CCOCC2)nn1. The lowest BCUT2D eigenvalue weighted by atomic mass is 10.0. The molecular formula is C11H17N3O2. The van der Waals surface area contributed by atoms with E-state index in [1.807, 2.05) is 12.1 Å². The van der Waals surface area contributed by atoms with Crippen LogP contribution in [0, 0.1) is 5.92 Å². The minimum absolute atomic E-state index is 0.410. The highest BCUT2D eigenvalue weighted by atomic mass is 16.5. The molecule has 0 unspecified atom stereocenters. The molecule has 0 saturated carbocycles. The largest absolute Gasteiger partial charge is 0.476 e. The zero-order chi connectivity index (χ0) is 11.2. The first-order valence-electron chi connectivity index (χ1n) is 5.61. The van der Waals surface area contributed by atoms with Gasteiger partial charge in [-0.15, -0.1) is 5.10 Å². The van der Waals surface area contributed by atoms with Crippen LogP contribution in [0.2, 0.25) is 0 Å². The number of nitrogens with zero attached hydrogens (tertiary/aromatic N) is 2. The van der Waals surface area contributed by atoms with Crippen LogP contribution in [0.1, 0.15) is 18.5 Å². The van der Waals surface area contributed by atoms with Crippen LogP contribution in [0.25, 0.3) is 0 Å². The third-order valence-corrected chi connectivity index (χ3v) is 2.71. The molecule has 0 radical (unpaired) electrons. The molecule has 88 valence electrons. The van der Waals surface area contributed by atoms with Crippen LogP contribution in [-0.4, -0.2) is 30.0 Å². The summed E-state index contributed by atoms with van der Waals surface area (Å²) < 4.78 is 10.9.